The highest BCUT2D eigenvalue weighted by Gasteiger charge is 2.30. The van der Waals surface area contributed by atoms with Crippen LogP contribution >= 0.6 is 15.6 Å². The fraction of sp³-hybridized carbons (Fsp3) is 0.939. The Bertz CT molecular complexity index is 1670. The lowest BCUT2D eigenvalue weighted by atomic mass is 10.0. The molecule has 0 saturated carbocycles. The Labute approximate surface area is 517 Å². The van der Waals surface area contributed by atoms with Gasteiger partial charge in [-0.3, -0.25) is 37.3 Å². The van der Waals surface area contributed by atoms with Crippen LogP contribution < -0.4 is 0 Å². The zero-order valence-electron chi connectivity index (χ0n) is 54.9. The molecule has 2 unspecified atom stereocenters. The first-order valence-corrected chi connectivity index (χ1v) is 37.5. The lowest BCUT2D eigenvalue weighted by Gasteiger charge is -2.21. The molecule has 5 atom stereocenters. The molecule has 0 aliphatic heterocycles. The predicted molar refractivity (Wildman–Crippen MR) is 340 cm³/mol. The number of carbonyl (C=O) groups is 4. The van der Waals surface area contributed by atoms with Gasteiger partial charge in [0.25, 0.3) is 0 Å². The van der Waals surface area contributed by atoms with E-state index in [9.17, 15) is 43.2 Å². The number of esters is 4. The van der Waals surface area contributed by atoms with Crippen molar-refractivity contribution in [1.29, 1.82) is 0 Å². The van der Waals surface area contributed by atoms with Crippen molar-refractivity contribution in [3.63, 3.8) is 0 Å². The summed E-state index contributed by atoms with van der Waals surface area (Å²) in [5.41, 5.74) is 0. The molecule has 504 valence electrons. The molecule has 0 radical (unpaired) electrons. The second-order valence-electron chi connectivity index (χ2n) is 24.8. The van der Waals surface area contributed by atoms with E-state index in [1.807, 2.05) is 0 Å². The summed E-state index contributed by atoms with van der Waals surface area (Å²) in [6.45, 7) is 9.42. The number of aliphatic hydroxyl groups is 1. The number of phosphoric ester groups is 2. The molecule has 19 heteroatoms. The number of aliphatic hydroxyl groups excluding tert-OH is 1. The first kappa shape index (κ1) is 83.1. The van der Waals surface area contributed by atoms with E-state index in [0.717, 1.165) is 108 Å². The van der Waals surface area contributed by atoms with E-state index in [4.69, 9.17) is 37.0 Å². The van der Waals surface area contributed by atoms with Crippen molar-refractivity contribution in [2.24, 2.45) is 11.8 Å². The van der Waals surface area contributed by atoms with Gasteiger partial charge >= 0.3 is 39.5 Å². The van der Waals surface area contributed by atoms with Crippen LogP contribution in [0.2, 0.25) is 0 Å². The molecule has 0 saturated heterocycles. The van der Waals surface area contributed by atoms with Crippen LogP contribution in [-0.2, 0) is 65.4 Å². The molecule has 0 spiro atoms. The van der Waals surface area contributed by atoms with E-state index in [1.165, 1.54) is 141 Å². The summed E-state index contributed by atoms with van der Waals surface area (Å²) < 4.78 is 67.9. The fourth-order valence-electron chi connectivity index (χ4n) is 9.88. The third kappa shape index (κ3) is 60.7. The molecule has 0 aliphatic rings. The maximum atomic E-state index is 13.0. The Hall–Kier alpha value is -1.94. The van der Waals surface area contributed by atoms with Crippen molar-refractivity contribution < 1.29 is 80.2 Å². The minimum absolute atomic E-state index is 0.105. The quantitative estimate of drug-likeness (QED) is 0.0222. The van der Waals surface area contributed by atoms with Crippen molar-refractivity contribution in [1.82, 2.24) is 0 Å². The van der Waals surface area contributed by atoms with Crippen LogP contribution in [0.1, 0.15) is 330 Å². The first-order chi connectivity index (χ1) is 40.9. The van der Waals surface area contributed by atoms with E-state index in [-0.39, 0.29) is 25.7 Å². The van der Waals surface area contributed by atoms with Crippen molar-refractivity contribution >= 4 is 39.5 Å². The van der Waals surface area contributed by atoms with Gasteiger partial charge in [-0.15, -0.1) is 0 Å². The summed E-state index contributed by atoms with van der Waals surface area (Å²) in [5.74, 6) is -0.629. The molecule has 0 heterocycles. The van der Waals surface area contributed by atoms with Crippen molar-refractivity contribution in [3.05, 3.63) is 0 Å². The van der Waals surface area contributed by atoms with Crippen LogP contribution in [0.15, 0.2) is 0 Å². The van der Waals surface area contributed by atoms with Crippen LogP contribution in [0.4, 0.5) is 0 Å². The Morgan fingerprint density at radius 3 is 0.800 bits per heavy atom. The summed E-state index contributed by atoms with van der Waals surface area (Å²) in [7, 11) is -9.88. The van der Waals surface area contributed by atoms with E-state index in [0.29, 0.717) is 25.7 Å². The van der Waals surface area contributed by atoms with Gasteiger partial charge in [-0.05, 0) is 37.5 Å². The highest BCUT2D eigenvalue weighted by Crippen LogP contribution is 2.45. The third-order valence-electron chi connectivity index (χ3n) is 15.2. The van der Waals surface area contributed by atoms with Gasteiger partial charge in [-0.25, -0.2) is 9.13 Å². The van der Waals surface area contributed by atoms with Gasteiger partial charge in [0.05, 0.1) is 26.4 Å². The molecule has 0 aromatic heterocycles. The molecule has 0 aromatic carbocycles. The Kier molecular flexibility index (Phi) is 57.1. The number of hydrogen-bond acceptors (Lipinski definition) is 15. The first-order valence-electron chi connectivity index (χ1n) is 34.5. The van der Waals surface area contributed by atoms with Gasteiger partial charge in [0.1, 0.15) is 19.3 Å². The van der Waals surface area contributed by atoms with E-state index in [2.05, 4.69) is 41.5 Å². The van der Waals surface area contributed by atoms with E-state index < -0.39 is 97.5 Å². The monoisotopic (exact) mass is 1250 g/mol. The molecule has 85 heavy (non-hydrogen) atoms. The predicted octanol–water partition coefficient (Wildman–Crippen LogP) is 18.4. The summed E-state index contributed by atoms with van der Waals surface area (Å²) in [6.07, 6.45) is 42.0. The maximum absolute atomic E-state index is 13.0. The Morgan fingerprint density at radius 1 is 0.318 bits per heavy atom. The van der Waals surface area contributed by atoms with E-state index >= 15 is 0 Å². The Balaban J connectivity index is 5.17. The normalized spacial score (nSPS) is 14.2. The summed E-state index contributed by atoms with van der Waals surface area (Å²) in [5, 5.41) is 10.5. The van der Waals surface area contributed by atoms with Crippen LogP contribution in [0.5, 0.6) is 0 Å². The maximum Gasteiger partial charge on any atom is 0.472 e. The SMILES string of the molecule is CCCCCCCCCCCCCCCCC(=O)O[C@H](COC(=O)CCCCCCCCCCCCC(C)C)COP(=O)(O)OC[C@@H](O)COP(=O)(O)OC[C@@H](COC(=O)CCCCCCC)OC(=O)CCCCCCCCCCCCC(C)C. The largest absolute Gasteiger partial charge is 0.472 e. The molecule has 3 N–H and O–H groups in total. The summed E-state index contributed by atoms with van der Waals surface area (Å²) in [6, 6.07) is 0. The standard InChI is InChI=1S/C66H128O17P2/c1-7-9-11-13-14-15-16-17-18-19-27-32-38-44-50-66(71)83-62(55-77-64(69)49-43-37-31-26-22-20-24-29-35-40-46-58(3)4)57-81-85(74,75)79-53-60(67)52-78-84(72,73)80-56-61(54-76-63(68)48-42-34-12-10-8-2)82-65(70)51-45-39-33-28-23-21-25-30-36-41-47-59(5)6/h58-62,67H,7-57H2,1-6H3,(H,72,73)(H,74,75)/t60-,61+,62+/m0/s1. The van der Waals surface area contributed by atoms with Gasteiger partial charge in [0.2, 0.25) is 0 Å². The molecule has 0 rings (SSSR count). The molecule has 0 aromatic rings. The number of rotatable bonds is 65. The lowest BCUT2D eigenvalue weighted by Crippen LogP contribution is -2.30. The highest BCUT2D eigenvalue weighted by atomic mass is 31.2. The second-order valence-corrected chi connectivity index (χ2v) is 27.7. The molecular formula is C66H128O17P2. The average molecular weight is 1260 g/mol. The lowest BCUT2D eigenvalue weighted by molar-refractivity contribution is -0.161. The van der Waals surface area contributed by atoms with Crippen LogP contribution in [0, 0.1) is 11.8 Å². The minimum atomic E-state index is -4.95. The van der Waals surface area contributed by atoms with Crippen LogP contribution in [0.3, 0.4) is 0 Å². The smallest absolute Gasteiger partial charge is 0.462 e. The van der Waals surface area contributed by atoms with Crippen LogP contribution in [0.25, 0.3) is 0 Å². The molecular weight excluding hydrogens is 1130 g/mol. The molecule has 0 amide bonds. The van der Waals surface area contributed by atoms with Crippen molar-refractivity contribution in [2.75, 3.05) is 39.6 Å². The average Bonchev–Trinajstić information content (AvgIpc) is 3.46. The number of unbranched alkanes of at least 4 members (excludes halogenated alkanes) is 35. The second kappa shape index (κ2) is 58.4. The zero-order valence-corrected chi connectivity index (χ0v) is 56.7. The van der Waals surface area contributed by atoms with Gasteiger partial charge < -0.3 is 33.8 Å². The van der Waals surface area contributed by atoms with Crippen molar-refractivity contribution in [3.8, 4) is 0 Å². The minimum Gasteiger partial charge on any atom is -0.462 e. The fourth-order valence-corrected chi connectivity index (χ4v) is 11.5. The topological polar surface area (TPSA) is 237 Å². The van der Waals surface area contributed by atoms with Gasteiger partial charge in [-0.1, -0.05) is 279 Å². The Morgan fingerprint density at radius 2 is 0.541 bits per heavy atom. The van der Waals surface area contributed by atoms with Crippen molar-refractivity contribution in [2.45, 2.75) is 349 Å². The van der Waals surface area contributed by atoms with Gasteiger partial charge in [-0.2, -0.15) is 0 Å². The van der Waals surface area contributed by atoms with E-state index in [1.54, 1.807) is 0 Å². The van der Waals surface area contributed by atoms with Gasteiger partial charge in [0.15, 0.2) is 12.2 Å². The summed E-state index contributed by atoms with van der Waals surface area (Å²) >= 11 is 0. The molecule has 0 bridgehead atoms. The number of carbonyl (C=O) groups excluding carboxylic acids is 4. The van der Waals surface area contributed by atoms with Gasteiger partial charge in [0, 0.05) is 25.7 Å². The number of phosphoric acid groups is 2. The highest BCUT2D eigenvalue weighted by molar-refractivity contribution is 7.47. The number of hydrogen-bond donors (Lipinski definition) is 3. The summed E-state index contributed by atoms with van der Waals surface area (Å²) in [4.78, 5) is 72.1. The third-order valence-corrected chi connectivity index (χ3v) is 17.1. The van der Waals surface area contributed by atoms with Crippen LogP contribution in [-0.4, -0.2) is 96.7 Å². The zero-order chi connectivity index (χ0) is 62.9. The molecule has 0 aliphatic carbocycles. The molecule has 17 nitrogen and oxygen atoms in total. The number of ether oxygens (including phenoxy) is 4. The molecule has 0 fully saturated rings.